The molecule has 1 heterocycles. The zero-order valence-electron chi connectivity index (χ0n) is 10.1. The van der Waals surface area contributed by atoms with Crippen LogP contribution in [0.1, 0.15) is 0 Å². The van der Waals surface area contributed by atoms with E-state index in [1.807, 2.05) is 0 Å². The second kappa shape index (κ2) is 5.85. The van der Waals surface area contributed by atoms with Crippen molar-refractivity contribution in [2.75, 3.05) is 4.31 Å². The zero-order valence-corrected chi connectivity index (χ0v) is 13.3. The minimum atomic E-state index is -5.07. The van der Waals surface area contributed by atoms with E-state index in [4.69, 9.17) is 5.11 Å². The molecule has 0 unspecified atom stereocenters. The standard InChI is InChI=1S/C10H4BrF3N2O4S2/c11-4-1-5(12)7(13)8(14)9(4)22(19,20)16(10(17)18)6-2-21-3-15-6/h1-3H,(H,17,18). The highest BCUT2D eigenvalue weighted by atomic mass is 79.9. The largest absolute Gasteiger partial charge is 0.464 e. The Morgan fingerprint density at radius 2 is 1.95 bits per heavy atom. The van der Waals surface area contributed by atoms with Gasteiger partial charge in [0.25, 0.3) is 10.0 Å². The van der Waals surface area contributed by atoms with Crippen LogP contribution in [0.5, 0.6) is 0 Å². The van der Waals surface area contributed by atoms with Gasteiger partial charge in [0.15, 0.2) is 23.3 Å². The van der Waals surface area contributed by atoms with Crippen molar-refractivity contribution in [3.63, 3.8) is 0 Å². The molecule has 1 aromatic heterocycles. The molecule has 0 aliphatic rings. The first-order valence-electron chi connectivity index (χ1n) is 5.17. The van der Waals surface area contributed by atoms with E-state index in [-0.39, 0.29) is 4.31 Å². The van der Waals surface area contributed by atoms with Gasteiger partial charge in [-0.25, -0.2) is 31.4 Å². The van der Waals surface area contributed by atoms with Crippen molar-refractivity contribution in [3.05, 3.63) is 38.9 Å². The van der Waals surface area contributed by atoms with E-state index >= 15 is 0 Å². The maximum absolute atomic E-state index is 13.8. The van der Waals surface area contributed by atoms with E-state index < -0.39 is 48.8 Å². The normalized spacial score (nSPS) is 11.5. The second-order valence-corrected chi connectivity index (χ2v) is 6.99. The van der Waals surface area contributed by atoms with Gasteiger partial charge in [0.2, 0.25) is 0 Å². The van der Waals surface area contributed by atoms with Crippen LogP contribution in [-0.2, 0) is 10.0 Å². The first-order chi connectivity index (χ1) is 10.2. The molecule has 118 valence electrons. The topological polar surface area (TPSA) is 87.6 Å². The lowest BCUT2D eigenvalue weighted by molar-refractivity contribution is 0.206. The van der Waals surface area contributed by atoms with E-state index in [0.29, 0.717) is 6.07 Å². The van der Waals surface area contributed by atoms with Crippen LogP contribution in [0, 0.1) is 17.5 Å². The molecule has 0 atom stereocenters. The minimum Gasteiger partial charge on any atom is -0.464 e. The number of thiazole rings is 1. The Labute approximate surface area is 134 Å². The van der Waals surface area contributed by atoms with E-state index in [1.165, 1.54) is 0 Å². The number of nitrogens with zero attached hydrogens (tertiary/aromatic N) is 2. The molecule has 2 rings (SSSR count). The maximum atomic E-state index is 13.8. The summed E-state index contributed by atoms with van der Waals surface area (Å²) in [4.78, 5) is 13.4. The van der Waals surface area contributed by atoms with Crippen molar-refractivity contribution in [2.45, 2.75) is 4.90 Å². The van der Waals surface area contributed by atoms with Crippen molar-refractivity contribution < 1.29 is 31.5 Å². The van der Waals surface area contributed by atoms with Gasteiger partial charge in [0, 0.05) is 9.85 Å². The van der Waals surface area contributed by atoms with Crippen molar-refractivity contribution in [2.24, 2.45) is 0 Å². The van der Waals surface area contributed by atoms with Crippen LogP contribution in [0.3, 0.4) is 0 Å². The zero-order chi connectivity index (χ0) is 16.7. The maximum Gasteiger partial charge on any atom is 0.427 e. The van der Waals surface area contributed by atoms with Gasteiger partial charge in [-0.1, -0.05) is 0 Å². The number of carbonyl (C=O) groups is 1. The molecule has 22 heavy (non-hydrogen) atoms. The molecule has 0 spiro atoms. The highest BCUT2D eigenvalue weighted by Crippen LogP contribution is 2.33. The molecule has 1 amide bonds. The summed E-state index contributed by atoms with van der Waals surface area (Å²) in [5.74, 6) is -6.22. The fraction of sp³-hybridized carbons (Fsp3) is 0. The summed E-state index contributed by atoms with van der Waals surface area (Å²) < 4.78 is 63.9. The molecule has 1 N–H and O–H groups in total. The number of amides is 1. The van der Waals surface area contributed by atoms with Gasteiger partial charge < -0.3 is 5.11 Å². The van der Waals surface area contributed by atoms with Crippen LogP contribution in [0.15, 0.2) is 26.3 Å². The van der Waals surface area contributed by atoms with Gasteiger partial charge in [-0.05, 0) is 22.0 Å². The minimum absolute atomic E-state index is 0.232. The van der Waals surface area contributed by atoms with Crippen molar-refractivity contribution >= 4 is 49.2 Å². The van der Waals surface area contributed by atoms with Crippen LogP contribution in [0.2, 0.25) is 0 Å². The molecular formula is C10H4BrF3N2O4S2. The lowest BCUT2D eigenvalue weighted by atomic mass is 10.3. The molecule has 0 fully saturated rings. The van der Waals surface area contributed by atoms with E-state index in [0.717, 1.165) is 22.2 Å². The van der Waals surface area contributed by atoms with Crippen LogP contribution in [-0.4, -0.2) is 24.6 Å². The second-order valence-electron chi connectivity index (χ2n) is 3.70. The number of anilines is 1. The lowest BCUT2D eigenvalue weighted by Gasteiger charge is -2.18. The third kappa shape index (κ3) is 2.68. The molecule has 0 radical (unpaired) electrons. The molecule has 0 saturated carbocycles. The van der Waals surface area contributed by atoms with Gasteiger partial charge >= 0.3 is 6.09 Å². The highest BCUT2D eigenvalue weighted by Gasteiger charge is 2.38. The summed E-state index contributed by atoms with van der Waals surface area (Å²) >= 11 is 3.48. The number of sulfonamides is 1. The van der Waals surface area contributed by atoms with Crippen molar-refractivity contribution in [3.8, 4) is 0 Å². The van der Waals surface area contributed by atoms with Crippen LogP contribution >= 0.6 is 27.3 Å². The molecule has 0 bridgehead atoms. The first-order valence-corrected chi connectivity index (χ1v) is 8.35. The fourth-order valence-electron chi connectivity index (χ4n) is 1.51. The van der Waals surface area contributed by atoms with Crippen molar-refractivity contribution in [1.82, 2.24) is 4.98 Å². The number of aromatic nitrogens is 1. The van der Waals surface area contributed by atoms with Crippen LogP contribution in [0.4, 0.5) is 23.8 Å². The fourth-order valence-corrected chi connectivity index (χ4v) is 4.44. The summed E-state index contributed by atoms with van der Waals surface area (Å²) in [6.07, 6.45) is -1.98. The van der Waals surface area contributed by atoms with Gasteiger partial charge in [-0.15, -0.1) is 15.6 Å². The predicted octanol–water partition coefficient (Wildman–Crippen LogP) is 3.20. The van der Waals surface area contributed by atoms with Gasteiger partial charge in [-0.2, -0.15) is 0 Å². The Kier molecular flexibility index (Phi) is 4.44. The molecule has 6 nitrogen and oxygen atoms in total. The monoisotopic (exact) mass is 416 g/mol. The Morgan fingerprint density at radius 1 is 1.32 bits per heavy atom. The number of carboxylic acid groups (broad SMARTS) is 1. The van der Waals surface area contributed by atoms with Gasteiger partial charge in [0.1, 0.15) is 4.90 Å². The predicted molar refractivity (Wildman–Crippen MR) is 73.8 cm³/mol. The Morgan fingerprint density at radius 3 is 2.45 bits per heavy atom. The SMILES string of the molecule is O=C(O)N(c1cscn1)S(=O)(=O)c1c(Br)cc(F)c(F)c1F. The number of hydrogen-bond donors (Lipinski definition) is 1. The number of hydrogen-bond acceptors (Lipinski definition) is 5. The summed E-state index contributed by atoms with van der Waals surface area (Å²) in [6.45, 7) is 0. The average Bonchev–Trinajstić information content (AvgIpc) is 2.88. The summed E-state index contributed by atoms with van der Waals surface area (Å²) in [6, 6.07) is 0.381. The quantitative estimate of drug-likeness (QED) is 0.612. The van der Waals surface area contributed by atoms with Crippen LogP contribution in [0.25, 0.3) is 0 Å². The molecule has 1 aromatic carbocycles. The molecule has 12 heteroatoms. The Hall–Kier alpha value is -1.66. The van der Waals surface area contributed by atoms with Crippen LogP contribution < -0.4 is 4.31 Å². The van der Waals surface area contributed by atoms with E-state index in [2.05, 4.69) is 20.9 Å². The molecule has 0 aliphatic heterocycles. The lowest BCUT2D eigenvalue weighted by Crippen LogP contribution is -2.37. The van der Waals surface area contributed by atoms with Gasteiger partial charge in [0.05, 0.1) is 5.51 Å². The molecule has 2 aromatic rings. The average molecular weight is 417 g/mol. The smallest absolute Gasteiger partial charge is 0.427 e. The summed E-state index contributed by atoms with van der Waals surface area (Å²) in [7, 11) is -5.07. The summed E-state index contributed by atoms with van der Waals surface area (Å²) in [5, 5.41) is 10.1. The number of rotatable bonds is 3. The van der Waals surface area contributed by atoms with Gasteiger partial charge in [-0.3, -0.25) is 0 Å². The third-order valence-electron chi connectivity index (χ3n) is 2.37. The van der Waals surface area contributed by atoms with Crippen molar-refractivity contribution in [1.29, 1.82) is 0 Å². The van der Waals surface area contributed by atoms with E-state index in [9.17, 15) is 26.4 Å². The Balaban J connectivity index is 2.75. The third-order valence-corrected chi connectivity index (χ3v) is 5.57. The first kappa shape index (κ1) is 16.7. The molecular weight excluding hydrogens is 413 g/mol. The Bertz CT molecular complexity index is 842. The number of benzene rings is 1. The molecule has 0 saturated heterocycles. The molecule has 0 aliphatic carbocycles. The summed E-state index contributed by atoms with van der Waals surface area (Å²) in [5.41, 5.74) is 1.15. The van der Waals surface area contributed by atoms with E-state index in [1.54, 1.807) is 0 Å². The number of halogens is 4. The highest BCUT2D eigenvalue weighted by molar-refractivity contribution is 9.10.